The highest BCUT2D eigenvalue weighted by molar-refractivity contribution is 9.10. The number of ether oxygens (including phenoxy) is 1. The second-order valence-electron chi connectivity index (χ2n) is 7.21. The molecule has 2 aromatic carbocycles. The maximum atomic E-state index is 13.3. The van der Waals surface area contributed by atoms with Crippen LogP contribution in [0.5, 0.6) is 5.75 Å². The molecule has 2 N–H and O–H groups in total. The van der Waals surface area contributed by atoms with Crippen molar-refractivity contribution in [3.8, 4) is 5.75 Å². The van der Waals surface area contributed by atoms with Gasteiger partial charge < -0.3 is 15.4 Å². The average molecular weight is 429 g/mol. The third-order valence-electron chi connectivity index (χ3n) is 5.46. The predicted octanol–water partition coefficient (Wildman–Crippen LogP) is 4.62. The molecule has 2 aliphatic rings. The van der Waals surface area contributed by atoms with E-state index < -0.39 is 11.5 Å². The number of amides is 2. The summed E-state index contributed by atoms with van der Waals surface area (Å²) in [6.07, 6.45) is 3.23. The highest BCUT2D eigenvalue weighted by Gasteiger charge is 2.42. The smallest absolute Gasteiger partial charge is 0.265 e. The van der Waals surface area contributed by atoms with Gasteiger partial charge >= 0.3 is 0 Å². The average Bonchev–Trinajstić information content (AvgIpc) is 3.15. The fourth-order valence-corrected chi connectivity index (χ4v) is 4.20. The normalized spacial score (nSPS) is 20.4. The largest absolute Gasteiger partial charge is 0.479 e. The summed E-state index contributed by atoms with van der Waals surface area (Å²) < 4.78 is 6.57. The number of nitrogens with one attached hydrogen (secondary N) is 2. The molecular formula is C21H21BrN2O3. The molecule has 27 heavy (non-hydrogen) atoms. The number of hydrogen-bond donors (Lipinski definition) is 2. The van der Waals surface area contributed by atoms with Crippen LogP contribution in [0.4, 0.5) is 11.4 Å². The Labute approximate surface area is 166 Å². The molecule has 1 heterocycles. The first-order valence-corrected chi connectivity index (χ1v) is 9.96. The van der Waals surface area contributed by atoms with Crippen LogP contribution in [0.3, 0.4) is 0 Å². The zero-order valence-corrected chi connectivity index (χ0v) is 16.6. The molecule has 0 spiro atoms. The number of carbonyl (C=O) groups is 2. The first kappa shape index (κ1) is 18.0. The van der Waals surface area contributed by atoms with Crippen LogP contribution < -0.4 is 15.4 Å². The second-order valence-corrected chi connectivity index (χ2v) is 8.13. The van der Waals surface area contributed by atoms with Gasteiger partial charge in [-0.3, -0.25) is 9.59 Å². The summed E-state index contributed by atoms with van der Waals surface area (Å²) in [5.41, 5.74) is 1.77. The molecule has 0 bridgehead atoms. The summed E-state index contributed by atoms with van der Waals surface area (Å²) in [6, 6.07) is 13.4. The topological polar surface area (TPSA) is 67.4 Å². The van der Waals surface area contributed by atoms with Gasteiger partial charge in [-0.25, -0.2) is 0 Å². The maximum absolute atomic E-state index is 13.3. The minimum atomic E-state index is -0.517. The van der Waals surface area contributed by atoms with Gasteiger partial charge in [0.15, 0.2) is 6.10 Å². The molecule has 1 fully saturated rings. The molecular weight excluding hydrogens is 408 g/mol. The molecule has 2 amide bonds. The Kier molecular flexibility index (Phi) is 4.68. The van der Waals surface area contributed by atoms with Crippen molar-refractivity contribution in [2.75, 3.05) is 10.6 Å². The Morgan fingerprint density at radius 1 is 1.19 bits per heavy atom. The van der Waals surface area contributed by atoms with Crippen molar-refractivity contribution in [3.05, 3.63) is 52.5 Å². The zero-order valence-electron chi connectivity index (χ0n) is 15.0. The van der Waals surface area contributed by atoms with E-state index in [0.717, 1.165) is 35.7 Å². The van der Waals surface area contributed by atoms with Gasteiger partial charge in [0, 0.05) is 10.2 Å². The van der Waals surface area contributed by atoms with Crippen molar-refractivity contribution in [2.24, 2.45) is 0 Å². The number of rotatable bonds is 3. The zero-order chi connectivity index (χ0) is 19.0. The summed E-state index contributed by atoms with van der Waals surface area (Å²) in [6.45, 7) is 1.70. The Hall–Kier alpha value is -2.34. The lowest BCUT2D eigenvalue weighted by molar-refractivity contribution is -0.123. The lowest BCUT2D eigenvalue weighted by Gasteiger charge is -2.29. The standard InChI is InChI=1S/C21H21BrN2O3/c1-13-19(25)24-17-12-16(8-9-18(17)27-13)23-20(26)21(10-2-3-11-21)14-4-6-15(22)7-5-14/h4-9,12-13H,2-3,10-11H2,1H3,(H,23,26)(H,24,25). The van der Waals surface area contributed by atoms with Crippen molar-refractivity contribution < 1.29 is 14.3 Å². The van der Waals surface area contributed by atoms with Crippen LogP contribution in [-0.4, -0.2) is 17.9 Å². The molecule has 5 nitrogen and oxygen atoms in total. The molecule has 1 saturated carbocycles. The van der Waals surface area contributed by atoms with E-state index in [4.69, 9.17) is 4.74 Å². The van der Waals surface area contributed by atoms with Gasteiger partial charge in [0.1, 0.15) is 5.75 Å². The number of anilines is 2. The third kappa shape index (κ3) is 3.34. The predicted molar refractivity (Wildman–Crippen MR) is 108 cm³/mol. The van der Waals surface area contributed by atoms with Crippen molar-refractivity contribution in [2.45, 2.75) is 44.1 Å². The second kappa shape index (κ2) is 7.00. The van der Waals surface area contributed by atoms with Crippen LogP contribution in [0, 0.1) is 0 Å². The lowest BCUT2D eigenvalue weighted by atomic mass is 9.78. The molecule has 0 radical (unpaired) electrons. The Morgan fingerprint density at radius 2 is 1.89 bits per heavy atom. The van der Waals surface area contributed by atoms with Crippen LogP contribution >= 0.6 is 15.9 Å². The number of hydrogen-bond acceptors (Lipinski definition) is 3. The Morgan fingerprint density at radius 3 is 2.59 bits per heavy atom. The SMILES string of the molecule is CC1Oc2ccc(NC(=O)C3(c4ccc(Br)cc4)CCCC3)cc2NC1=O. The van der Waals surface area contributed by atoms with E-state index in [1.54, 1.807) is 19.1 Å². The van der Waals surface area contributed by atoms with E-state index in [9.17, 15) is 9.59 Å². The summed E-state index contributed by atoms with van der Waals surface area (Å²) in [4.78, 5) is 25.1. The Bertz CT molecular complexity index is 889. The van der Waals surface area contributed by atoms with Crippen LogP contribution in [0.25, 0.3) is 0 Å². The summed E-state index contributed by atoms with van der Waals surface area (Å²) in [5, 5.41) is 5.88. The molecule has 6 heteroatoms. The van der Waals surface area contributed by atoms with E-state index in [-0.39, 0.29) is 11.8 Å². The van der Waals surface area contributed by atoms with E-state index in [2.05, 4.69) is 26.6 Å². The van der Waals surface area contributed by atoms with Gasteiger partial charge in [-0.05, 0) is 55.7 Å². The maximum Gasteiger partial charge on any atom is 0.265 e. The van der Waals surface area contributed by atoms with E-state index >= 15 is 0 Å². The summed E-state index contributed by atoms with van der Waals surface area (Å²) >= 11 is 3.46. The molecule has 4 rings (SSSR count). The van der Waals surface area contributed by atoms with Crippen molar-refractivity contribution >= 4 is 39.1 Å². The quantitative estimate of drug-likeness (QED) is 0.749. The van der Waals surface area contributed by atoms with Crippen molar-refractivity contribution in [1.29, 1.82) is 0 Å². The van der Waals surface area contributed by atoms with E-state index in [1.165, 1.54) is 0 Å². The monoisotopic (exact) mass is 428 g/mol. The minimum Gasteiger partial charge on any atom is -0.479 e. The van der Waals surface area contributed by atoms with Crippen LogP contribution in [-0.2, 0) is 15.0 Å². The van der Waals surface area contributed by atoms with E-state index in [1.807, 2.05) is 30.3 Å². The van der Waals surface area contributed by atoms with Crippen molar-refractivity contribution in [1.82, 2.24) is 0 Å². The van der Waals surface area contributed by atoms with Crippen molar-refractivity contribution in [3.63, 3.8) is 0 Å². The van der Waals surface area contributed by atoms with Crippen LogP contribution in [0.15, 0.2) is 46.9 Å². The first-order chi connectivity index (χ1) is 13.0. The van der Waals surface area contributed by atoms with Gasteiger partial charge in [0.05, 0.1) is 11.1 Å². The van der Waals surface area contributed by atoms with Crippen LogP contribution in [0.1, 0.15) is 38.2 Å². The molecule has 2 aromatic rings. The molecule has 1 unspecified atom stereocenters. The summed E-state index contributed by atoms with van der Waals surface area (Å²) in [5.74, 6) is 0.426. The fraction of sp³-hybridized carbons (Fsp3) is 0.333. The number of carbonyl (C=O) groups excluding carboxylic acids is 2. The molecule has 140 valence electrons. The van der Waals surface area contributed by atoms with Gasteiger partial charge in [-0.2, -0.15) is 0 Å². The minimum absolute atomic E-state index is 0.00121. The lowest BCUT2D eigenvalue weighted by Crippen LogP contribution is -2.38. The first-order valence-electron chi connectivity index (χ1n) is 9.17. The van der Waals surface area contributed by atoms with Gasteiger partial charge in [0.2, 0.25) is 5.91 Å². The number of benzene rings is 2. The number of fused-ring (bicyclic) bond motifs is 1. The third-order valence-corrected chi connectivity index (χ3v) is 5.99. The highest BCUT2D eigenvalue weighted by Crippen LogP contribution is 2.43. The Balaban J connectivity index is 1.60. The van der Waals surface area contributed by atoms with E-state index in [0.29, 0.717) is 17.1 Å². The van der Waals surface area contributed by atoms with Crippen LogP contribution in [0.2, 0.25) is 0 Å². The molecule has 1 atom stereocenters. The highest BCUT2D eigenvalue weighted by atomic mass is 79.9. The van der Waals surface area contributed by atoms with Gasteiger partial charge in [-0.15, -0.1) is 0 Å². The fourth-order valence-electron chi connectivity index (χ4n) is 3.93. The molecule has 0 aromatic heterocycles. The van der Waals surface area contributed by atoms with Gasteiger partial charge in [-0.1, -0.05) is 40.9 Å². The number of halogens is 1. The van der Waals surface area contributed by atoms with Gasteiger partial charge in [0.25, 0.3) is 5.91 Å². The molecule has 1 aliphatic heterocycles. The molecule has 0 saturated heterocycles. The molecule has 1 aliphatic carbocycles. The summed E-state index contributed by atoms with van der Waals surface area (Å²) in [7, 11) is 0.